The van der Waals surface area contributed by atoms with Gasteiger partial charge in [-0.2, -0.15) is 0 Å². The van der Waals surface area contributed by atoms with Gasteiger partial charge in [-0.05, 0) is 29.9 Å². The van der Waals surface area contributed by atoms with Gasteiger partial charge in [0.05, 0.1) is 13.1 Å². The van der Waals surface area contributed by atoms with Crippen molar-refractivity contribution in [3.63, 3.8) is 0 Å². The summed E-state index contributed by atoms with van der Waals surface area (Å²) in [6, 6.07) is 16.4. The molecule has 0 bridgehead atoms. The summed E-state index contributed by atoms with van der Waals surface area (Å²) in [5, 5.41) is 9.99. The van der Waals surface area contributed by atoms with Gasteiger partial charge in [0.15, 0.2) is 5.78 Å². The minimum Gasteiger partial charge on any atom is -0.445 e. The number of alkyl carbamates (subject to hydrolysis) is 2. The van der Waals surface area contributed by atoms with Crippen LogP contribution < -0.4 is 21.3 Å². The Balaban J connectivity index is 1.75. The number of benzene rings is 2. The van der Waals surface area contributed by atoms with E-state index in [1.165, 1.54) is 0 Å². The fourth-order valence-electron chi connectivity index (χ4n) is 3.55. The zero-order chi connectivity index (χ0) is 29.3. The van der Waals surface area contributed by atoms with Crippen molar-refractivity contribution in [3.05, 3.63) is 71.8 Å². The Morgan fingerprint density at radius 3 is 1.52 bits per heavy atom. The van der Waals surface area contributed by atoms with Gasteiger partial charge in [-0.1, -0.05) is 81.4 Å². The van der Waals surface area contributed by atoms with Crippen LogP contribution in [0.3, 0.4) is 0 Å². The van der Waals surface area contributed by atoms with Crippen LogP contribution in [0.2, 0.25) is 0 Å². The Kier molecular flexibility index (Phi) is 13.7. The molecule has 4 amide bonds. The lowest BCUT2D eigenvalue weighted by molar-refractivity contribution is -0.128. The molecule has 2 atom stereocenters. The van der Waals surface area contributed by atoms with Gasteiger partial charge in [0.2, 0.25) is 11.8 Å². The topological polar surface area (TPSA) is 152 Å². The number of ether oxygens (including phenoxy) is 2. The molecule has 0 aromatic heterocycles. The third-order valence-electron chi connectivity index (χ3n) is 5.68. The first-order chi connectivity index (χ1) is 19.2. The minimum absolute atomic E-state index is 0.0548. The SMILES string of the molecule is CC[C@H](NC(=O)OCc1ccccc1)C(=O)NCC(=O)CNC(=O)[C@H](CC(C)C)NC(=O)OCc1ccccc1. The third kappa shape index (κ3) is 12.4. The van der Waals surface area contributed by atoms with Gasteiger partial charge in [-0.25, -0.2) is 9.59 Å². The van der Waals surface area contributed by atoms with Crippen molar-refractivity contribution in [3.8, 4) is 0 Å². The summed E-state index contributed by atoms with van der Waals surface area (Å²) in [7, 11) is 0. The smallest absolute Gasteiger partial charge is 0.408 e. The van der Waals surface area contributed by atoms with Crippen LogP contribution in [0.5, 0.6) is 0 Å². The fourth-order valence-corrected chi connectivity index (χ4v) is 3.55. The van der Waals surface area contributed by atoms with Crippen LogP contribution in [-0.4, -0.2) is 55.0 Å². The van der Waals surface area contributed by atoms with E-state index in [-0.39, 0.29) is 38.6 Å². The summed E-state index contributed by atoms with van der Waals surface area (Å²) in [5.74, 6) is -1.48. The molecule has 4 N–H and O–H groups in total. The van der Waals surface area contributed by atoms with Crippen molar-refractivity contribution < 1.29 is 33.4 Å². The summed E-state index contributed by atoms with van der Waals surface area (Å²) in [5.41, 5.74) is 1.61. The van der Waals surface area contributed by atoms with Crippen LogP contribution in [0.25, 0.3) is 0 Å². The Morgan fingerprint density at radius 1 is 0.675 bits per heavy atom. The molecule has 0 unspecified atom stereocenters. The number of carbonyl (C=O) groups excluding carboxylic acids is 5. The highest BCUT2D eigenvalue weighted by Gasteiger charge is 2.24. The Hall–Kier alpha value is -4.41. The molecule has 11 heteroatoms. The second-order valence-corrected chi connectivity index (χ2v) is 9.53. The zero-order valence-corrected chi connectivity index (χ0v) is 23.1. The molecule has 0 aliphatic rings. The van der Waals surface area contributed by atoms with Crippen LogP contribution in [-0.2, 0) is 37.1 Å². The predicted molar refractivity (Wildman–Crippen MR) is 148 cm³/mol. The first-order valence-electron chi connectivity index (χ1n) is 13.2. The average Bonchev–Trinajstić information content (AvgIpc) is 2.95. The van der Waals surface area contributed by atoms with E-state index in [9.17, 15) is 24.0 Å². The van der Waals surface area contributed by atoms with Gasteiger partial charge in [-0.3, -0.25) is 14.4 Å². The molecule has 0 spiro atoms. The average molecular weight is 555 g/mol. The van der Waals surface area contributed by atoms with Gasteiger partial charge in [0.1, 0.15) is 25.3 Å². The van der Waals surface area contributed by atoms with E-state index < -0.39 is 41.9 Å². The third-order valence-corrected chi connectivity index (χ3v) is 5.68. The van der Waals surface area contributed by atoms with Gasteiger partial charge in [-0.15, -0.1) is 0 Å². The van der Waals surface area contributed by atoms with Gasteiger partial charge in [0, 0.05) is 0 Å². The molecule has 2 aromatic carbocycles. The van der Waals surface area contributed by atoms with E-state index in [0.29, 0.717) is 6.42 Å². The Morgan fingerprint density at radius 2 is 1.10 bits per heavy atom. The van der Waals surface area contributed by atoms with Gasteiger partial charge < -0.3 is 30.7 Å². The first-order valence-corrected chi connectivity index (χ1v) is 13.2. The predicted octanol–water partition coefficient (Wildman–Crippen LogP) is 2.83. The van der Waals surface area contributed by atoms with Gasteiger partial charge in [0.25, 0.3) is 0 Å². The second-order valence-electron chi connectivity index (χ2n) is 9.53. The van der Waals surface area contributed by atoms with Crippen LogP contribution in [0.4, 0.5) is 9.59 Å². The normalized spacial score (nSPS) is 12.0. The number of hydrogen-bond donors (Lipinski definition) is 4. The molecular weight excluding hydrogens is 516 g/mol. The molecule has 216 valence electrons. The lowest BCUT2D eigenvalue weighted by Crippen LogP contribution is -2.50. The lowest BCUT2D eigenvalue weighted by atomic mass is 10.0. The van der Waals surface area contributed by atoms with Crippen LogP contribution in [0.1, 0.15) is 44.7 Å². The van der Waals surface area contributed by atoms with Crippen LogP contribution in [0, 0.1) is 5.92 Å². The molecule has 2 rings (SSSR count). The van der Waals surface area contributed by atoms with E-state index in [4.69, 9.17) is 9.47 Å². The molecule has 0 aliphatic carbocycles. The number of carbonyl (C=O) groups is 5. The molecule has 0 heterocycles. The highest BCUT2D eigenvalue weighted by molar-refractivity contribution is 5.93. The van der Waals surface area contributed by atoms with Crippen molar-refractivity contribution in [2.75, 3.05) is 13.1 Å². The summed E-state index contributed by atoms with van der Waals surface area (Å²) < 4.78 is 10.3. The van der Waals surface area contributed by atoms with E-state index in [0.717, 1.165) is 11.1 Å². The van der Waals surface area contributed by atoms with E-state index in [1.54, 1.807) is 19.1 Å². The summed E-state index contributed by atoms with van der Waals surface area (Å²) >= 11 is 0. The minimum atomic E-state index is -0.902. The van der Waals surface area contributed by atoms with Crippen molar-refractivity contribution >= 4 is 29.8 Å². The molecule has 2 aromatic rings. The molecule has 0 radical (unpaired) electrons. The lowest BCUT2D eigenvalue weighted by Gasteiger charge is -2.20. The van der Waals surface area contributed by atoms with E-state index in [2.05, 4.69) is 21.3 Å². The Labute approximate surface area is 234 Å². The maximum Gasteiger partial charge on any atom is 0.408 e. The van der Waals surface area contributed by atoms with Crippen LogP contribution >= 0.6 is 0 Å². The highest BCUT2D eigenvalue weighted by Crippen LogP contribution is 2.07. The van der Waals surface area contributed by atoms with Crippen molar-refractivity contribution in [2.45, 2.75) is 58.9 Å². The number of nitrogens with one attached hydrogen (secondary N) is 4. The standard InChI is InChI=1S/C29H38N4O7/c1-4-24(32-28(37)39-18-21-11-7-5-8-12-21)26(35)30-16-23(34)17-31-27(36)25(15-20(2)3)33-29(38)40-19-22-13-9-6-10-14-22/h5-14,20,24-25H,4,15-19H2,1-3H3,(H,30,35)(H,31,36)(H,32,37)(H,33,38)/t24-,25-/m0/s1. The van der Waals surface area contributed by atoms with Crippen molar-refractivity contribution in [1.82, 2.24) is 21.3 Å². The molecular formula is C29H38N4O7. The number of Topliss-reactive ketones (excluding diaryl/α,β-unsaturated/α-hetero) is 1. The number of rotatable bonds is 15. The zero-order valence-electron chi connectivity index (χ0n) is 23.1. The number of ketones is 1. The molecule has 11 nitrogen and oxygen atoms in total. The maximum atomic E-state index is 12.7. The molecule has 0 fully saturated rings. The Bertz CT molecular complexity index is 1110. The molecule has 40 heavy (non-hydrogen) atoms. The molecule has 0 aliphatic heterocycles. The maximum absolute atomic E-state index is 12.7. The largest absolute Gasteiger partial charge is 0.445 e. The number of hydrogen-bond acceptors (Lipinski definition) is 7. The summed E-state index contributed by atoms with van der Waals surface area (Å²) in [6.07, 6.45) is -0.888. The first kappa shape index (κ1) is 31.8. The monoisotopic (exact) mass is 554 g/mol. The van der Waals surface area contributed by atoms with E-state index >= 15 is 0 Å². The van der Waals surface area contributed by atoms with Crippen LogP contribution in [0.15, 0.2) is 60.7 Å². The molecule has 0 saturated heterocycles. The number of amides is 4. The van der Waals surface area contributed by atoms with Gasteiger partial charge >= 0.3 is 12.2 Å². The van der Waals surface area contributed by atoms with E-state index in [1.807, 2.05) is 62.4 Å². The summed E-state index contributed by atoms with van der Waals surface area (Å²) in [6.45, 7) is 4.91. The molecule has 0 saturated carbocycles. The van der Waals surface area contributed by atoms with Crippen molar-refractivity contribution in [2.24, 2.45) is 5.92 Å². The fraction of sp³-hybridized carbons (Fsp3) is 0.414. The quantitative estimate of drug-likeness (QED) is 0.264. The van der Waals surface area contributed by atoms with Crippen molar-refractivity contribution in [1.29, 1.82) is 0 Å². The highest BCUT2D eigenvalue weighted by atomic mass is 16.6. The second kappa shape index (κ2) is 17.2. The summed E-state index contributed by atoms with van der Waals surface area (Å²) in [4.78, 5) is 61.8.